The Kier molecular flexibility index (Phi) is 5.16. The Bertz CT molecular complexity index is 378. The van der Waals surface area contributed by atoms with E-state index in [9.17, 15) is 0 Å². The summed E-state index contributed by atoms with van der Waals surface area (Å²) in [6.07, 6.45) is 25.1. The molecule has 0 aromatic heterocycles. The summed E-state index contributed by atoms with van der Waals surface area (Å²) < 4.78 is 0. The monoisotopic (exact) mass is 314 g/mol. The average Bonchev–Trinajstić information content (AvgIpc) is 2.63. The molecule has 0 heteroatoms. The van der Waals surface area contributed by atoms with Gasteiger partial charge in [0.1, 0.15) is 0 Å². The van der Waals surface area contributed by atoms with Crippen molar-refractivity contribution in [2.45, 2.75) is 90.4 Å². The summed E-state index contributed by atoms with van der Waals surface area (Å²) in [6.45, 7) is 2.63. The highest BCUT2D eigenvalue weighted by molar-refractivity contribution is 5.06. The molecule has 4 saturated carbocycles. The number of allylic oxidation sites excluding steroid dienone is 2. The van der Waals surface area contributed by atoms with Gasteiger partial charge in [-0.15, -0.1) is 0 Å². The van der Waals surface area contributed by atoms with Gasteiger partial charge in [-0.2, -0.15) is 0 Å². The minimum atomic E-state index is 0.923. The highest BCUT2D eigenvalue weighted by atomic mass is 14.5. The van der Waals surface area contributed by atoms with Crippen LogP contribution >= 0.6 is 0 Å². The minimum absolute atomic E-state index is 0.923. The van der Waals surface area contributed by atoms with E-state index in [1.54, 1.807) is 12.8 Å². The van der Waals surface area contributed by atoms with E-state index in [1.807, 2.05) is 0 Å². The van der Waals surface area contributed by atoms with Gasteiger partial charge in [-0.05, 0) is 80.0 Å². The summed E-state index contributed by atoms with van der Waals surface area (Å²) in [5.74, 6) is 7.09. The van der Waals surface area contributed by atoms with Crippen molar-refractivity contribution in [2.75, 3.05) is 0 Å². The lowest BCUT2D eigenvalue weighted by molar-refractivity contribution is -0.0359. The first-order chi connectivity index (χ1) is 11.3. The molecule has 0 spiro atoms. The van der Waals surface area contributed by atoms with Crippen molar-refractivity contribution in [3.05, 3.63) is 12.2 Å². The van der Waals surface area contributed by atoms with Gasteiger partial charge < -0.3 is 0 Å². The maximum Gasteiger partial charge on any atom is -0.0171 e. The van der Waals surface area contributed by atoms with E-state index in [1.165, 1.54) is 70.6 Å². The van der Waals surface area contributed by atoms with E-state index in [0.717, 1.165) is 41.4 Å². The Balaban J connectivity index is 1.54. The standard InChI is InChI=1S/C23H38/c1-17-19-11-5-7-13-21(19)23(22-14-8-6-12-20(17)22)16-15-18-9-3-2-4-10-18/h15-23H,2-14H2,1H3/b16-15+. The quantitative estimate of drug-likeness (QED) is 0.481. The molecule has 0 bridgehead atoms. The van der Waals surface area contributed by atoms with Crippen LogP contribution in [0.2, 0.25) is 0 Å². The molecule has 4 aliphatic rings. The van der Waals surface area contributed by atoms with Crippen molar-refractivity contribution < 1.29 is 0 Å². The van der Waals surface area contributed by atoms with E-state index < -0.39 is 0 Å². The van der Waals surface area contributed by atoms with Crippen LogP contribution < -0.4 is 0 Å². The summed E-state index contributed by atoms with van der Waals surface area (Å²) in [5.41, 5.74) is 0. The predicted octanol–water partition coefficient (Wildman–Crippen LogP) is 7.00. The zero-order chi connectivity index (χ0) is 15.6. The van der Waals surface area contributed by atoms with Gasteiger partial charge in [-0.25, -0.2) is 0 Å². The van der Waals surface area contributed by atoms with Crippen LogP contribution in [0.15, 0.2) is 12.2 Å². The van der Waals surface area contributed by atoms with Crippen molar-refractivity contribution in [1.82, 2.24) is 0 Å². The SMILES string of the molecule is CC1C2CCCCC2C(/C=C/C2CCCCC2)C2CCCCC12. The first-order valence-corrected chi connectivity index (χ1v) is 11.0. The Morgan fingerprint density at radius 2 is 1.00 bits per heavy atom. The van der Waals surface area contributed by atoms with Crippen LogP contribution in [-0.2, 0) is 0 Å². The van der Waals surface area contributed by atoms with Gasteiger partial charge in [0.05, 0.1) is 0 Å². The lowest BCUT2D eigenvalue weighted by Crippen LogP contribution is -2.47. The third kappa shape index (κ3) is 3.29. The fraction of sp³-hybridized carbons (Fsp3) is 0.913. The van der Waals surface area contributed by atoms with Crippen LogP contribution in [-0.4, -0.2) is 0 Å². The Morgan fingerprint density at radius 1 is 0.522 bits per heavy atom. The van der Waals surface area contributed by atoms with Crippen molar-refractivity contribution >= 4 is 0 Å². The third-order valence-corrected chi connectivity index (χ3v) is 8.34. The van der Waals surface area contributed by atoms with Crippen molar-refractivity contribution in [1.29, 1.82) is 0 Å². The fourth-order valence-corrected chi connectivity index (χ4v) is 7.17. The molecule has 4 rings (SSSR count). The number of hydrogen-bond donors (Lipinski definition) is 0. The third-order valence-electron chi connectivity index (χ3n) is 8.34. The lowest BCUT2D eigenvalue weighted by atomic mass is 9.51. The largest absolute Gasteiger partial charge is 0.0851 e. The van der Waals surface area contributed by atoms with Gasteiger partial charge in [0.15, 0.2) is 0 Å². The number of rotatable bonds is 2. The summed E-state index contributed by atoms with van der Waals surface area (Å²) in [4.78, 5) is 0. The molecule has 0 saturated heterocycles. The molecule has 4 atom stereocenters. The smallest absolute Gasteiger partial charge is 0.0171 e. The molecule has 4 fully saturated rings. The summed E-state index contributed by atoms with van der Waals surface area (Å²) >= 11 is 0. The molecular weight excluding hydrogens is 276 g/mol. The van der Waals surface area contributed by atoms with E-state index in [2.05, 4.69) is 19.1 Å². The van der Waals surface area contributed by atoms with E-state index >= 15 is 0 Å². The minimum Gasteiger partial charge on any atom is -0.0851 e. The van der Waals surface area contributed by atoms with Crippen LogP contribution in [0.4, 0.5) is 0 Å². The Hall–Kier alpha value is -0.260. The predicted molar refractivity (Wildman–Crippen MR) is 99.3 cm³/mol. The molecule has 4 aliphatic carbocycles. The molecule has 0 aliphatic heterocycles. The van der Waals surface area contributed by atoms with Gasteiger partial charge in [0.25, 0.3) is 0 Å². The summed E-state index contributed by atoms with van der Waals surface area (Å²) in [5, 5.41) is 0. The molecule has 0 amide bonds. The first-order valence-electron chi connectivity index (χ1n) is 11.0. The van der Waals surface area contributed by atoms with Crippen molar-refractivity contribution in [3.63, 3.8) is 0 Å². The summed E-state index contributed by atoms with van der Waals surface area (Å²) in [6, 6.07) is 0. The van der Waals surface area contributed by atoms with Crippen LogP contribution in [0.1, 0.15) is 90.4 Å². The van der Waals surface area contributed by atoms with E-state index in [-0.39, 0.29) is 0 Å². The lowest BCUT2D eigenvalue weighted by Gasteiger charge is -2.54. The maximum absolute atomic E-state index is 2.79. The highest BCUT2D eigenvalue weighted by Crippen LogP contribution is 2.56. The topological polar surface area (TPSA) is 0 Å². The van der Waals surface area contributed by atoms with Gasteiger partial charge in [0, 0.05) is 0 Å². The second-order valence-corrected chi connectivity index (χ2v) is 9.44. The van der Waals surface area contributed by atoms with Crippen molar-refractivity contribution in [2.24, 2.45) is 41.4 Å². The molecule has 130 valence electrons. The van der Waals surface area contributed by atoms with Gasteiger partial charge >= 0.3 is 0 Å². The normalized spacial score (nSPS) is 45.6. The molecule has 4 unspecified atom stereocenters. The van der Waals surface area contributed by atoms with E-state index in [4.69, 9.17) is 0 Å². The van der Waals surface area contributed by atoms with Crippen LogP contribution in [0, 0.1) is 41.4 Å². The van der Waals surface area contributed by atoms with Crippen molar-refractivity contribution in [3.8, 4) is 0 Å². The van der Waals surface area contributed by atoms with Crippen LogP contribution in [0.25, 0.3) is 0 Å². The molecular formula is C23H38. The molecule has 0 radical (unpaired) electrons. The molecule has 0 N–H and O–H groups in total. The highest BCUT2D eigenvalue weighted by Gasteiger charge is 2.48. The summed E-state index contributed by atoms with van der Waals surface area (Å²) in [7, 11) is 0. The van der Waals surface area contributed by atoms with Gasteiger partial charge in [-0.1, -0.05) is 64.0 Å². The van der Waals surface area contributed by atoms with Crippen LogP contribution in [0.5, 0.6) is 0 Å². The maximum atomic E-state index is 2.79. The molecule has 23 heavy (non-hydrogen) atoms. The second kappa shape index (κ2) is 7.32. The Morgan fingerprint density at radius 3 is 1.57 bits per heavy atom. The van der Waals surface area contributed by atoms with E-state index in [0.29, 0.717) is 0 Å². The zero-order valence-corrected chi connectivity index (χ0v) is 15.4. The van der Waals surface area contributed by atoms with Gasteiger partial charge in [-0.3, -0.25) is 0 Å². The number of hydrogen-bond acceptors (Lipinski definition) is 0. The molecule has 0 aromatic carbocycles. The van der Waals surface area contributed by atoms with Gasteiger partial charge in [0.2, 0.25) is 0 Å². The molecule has 0 heterocycles. The first kappa shape index (κ1) is 16.2. The average molecular weight is 315 g/mol. The zero-order valence-electron chi connectivity index (χ0n) is 15.4. The molecule has 0 nitrogen and oxygen atoms in total. The van der Waals surface area contributed by atoms with Crippen LogP contribution in [0.3, 0.4) is 0 Å². The fourth-order valence-electron chi connectivity index (χ4n) is 7.17. The number of fused-ring (bicyclic) bond motifs is 2. The second-order valence-electron chi connectivity index (χ2n) is 9.44. The molecule has 0 aromatic rings. The Labute approximate surface area is 144 Å².